The summed E-state index contributed by atoms with van der Waals surface area (Å²) in [5.74, 6) is -1.04. The van der Waals surface area contributed by atoms with Crippen LogP contribution in [-0.2, 0) is 28.6 Å². The summed E-state index contributed by atoms with van der Waals surface area (Å²) in [7, 11) is 0. The predicted octanol–water partition coefficient (Wildman–Crippen LogP) is 15.6. The van der Waals surface area contributed by atoms with Crippen LogP contribution in [0.15, 0.2) is 109 Å². The maximum atomic E-state index is 12.7. The highest BCUT2D eigenvalue weighted by atomic mass is 16.6. The van der Waals surface area contributed by atoms with Crippen LogP contribution >= 0.6 is 0 Å². The third-order valence-electron chi connectivity index (χ3n) is 9.75. The molecule has 0 amide bonds. The van der Waals surface area contributed by atoms with Crippen LogP contribution in [0.1, 0.15) is 194 Å². The number of rotatable bonds is 41. The molecule has 6 nitrogen and oxygen atoms in total. The molecule has 1 atom stereocenters. The molecular weight excluding hydrogens is 745 g/mol. The first kappa shape index (κ1) is 56.1. The van der Waals surface area contributed by atoms with E-state index in [1.165, 1.54) is 83.5 Å². The molecule has 0 radical (unpaired) electrons. The van der Waals surface area contributed by atoms with E-state index < -0.39 is 12.1 Å². The molecule has 0 N–H and O–H groups in total. The fourth-order valence-electron chi connectivity index (χ4n) is 6.19. The van der Waals surface area contributed by atoms with E-state index in [2.05, 4.69) is 39.0 Å². The Morgan fingerprint density at radius 1 is 0.350 bits per heavy atom. The molecule has 1 unspecified atom stereocenters. The van der Waals surface area contributed by atoms with Crippen LogP contribution < -0.4 is 0 Å². The molecule has 0 aromatic heterocycles. The Kier molecular flexibility index (Phi) is 44.6. The monoisotopic (exact) mass is 831 g/mol. The summed E-state index contributed by atoms with van der Waals surface area (Å²) in [4.78, 5) is 37.8. The second-order valence-corrected chi connectivity index (χ2v) is 15.5. The summed E-state index contributed by atoms with van der Waals surface area (Å²) in [5, 5.41) is 0. The quantitative estimate of drug-likeness (QED) is 0.0264. The van der Waals surface area contributed by atoms with Crippen molar-refractivity contribution in [1.29, 1.82) is 0 Å². The van der Waals surface area contributed by atoms with E-state index in [1.54, 1.807) is 0 Å². The molecule has 6 heteroatoms. The van der Waals surface area contributed by atoms with Crippen LogP contribution in [0.25, 0.3) is 0 Å². The number of hydrogen-bond acceptors (Lipinski definition) is 6. The van der Waals surface area contributed by atoms with E-state index in [1.807, 2.05) is 91.1 Å². The van der Waals surface area contributed by atoms with E-state index in [9.17, 15) is 14.4 Å². The first-order valence-electron chi connectivity index (χ1n) is 24.0. The smallest absolute Gasteiger partial charge is 0.306 e. The largest absolute Gasteiger partial charge is 0.462 e. The Morgan fingerprint density at radius 2 is 0.667 bits per heavy atom. The minimum Gasteiger partial charge on any atom is -0.462 e. The van der Waals surface area contributed by atoms with Crippen molar-refractivity contribution in [2.75, 3.05) is 13.2 Å². The molecular formula is C54H86O6. The zero-order valence-electron chi connectivity index (χ0n) is 38.4. The highest BCUT2D eigenvalue weighted by Crippen LogP contribution is 2.15. The molecule has 0 aromatic rings. The minimum absolute atomic E-state index is 0.120. The van der Waals surface area contributed by atoms with Crippen molar-refractivity contribution >= 4 is 17.9 Å². The lowest BCUT2D eigenvalue weighted by molar-refractivity contribution is -0.167. The van der Waals surface area contributed by atoms with Gasteiger partial charge in [-0.05, 0) is 51.4 Å². The first-order chi connectivity index (χ1) is 29.5. The zero-order valence-corrected chi connectivity index (χ0v) is 38.4. The summed E-state index contributed by atoms with van der Waals surface area (Å²) < 4.78 is 16.6. The molecule has 0 fully saturated rings. The Labute approximate surface area is 368 Å². The van der Waals surface area contributed by atoms with Gasteiger partial charge in [-0.15, -0.1) is 0 Å². The van der Waals surface area contributed by atoms with E-state index in [0.29, 0.717) is 19.3 Å². The standard InChI is InChI=1S/C54H86O6/c1-4-7-10-13-16-19-22-25-26-27-30-32-35-38-41-44-47-53(56)59-50-51(60-54(57)48-45-42-39-36-33-29-24-21-18-15-12-9-6-3)49-58-52(55)46-43-40-37-34-31-28-23-20-17-14-11-8-5-2/h8-9,11-12,14-15,17-18,20-21,23-24,28-29,31,33,36,39,51H,4-7,10,13,16,19,22,25-27,30,32,34-35,37-38,40-50H2,1-3H3/b11-8-,12-9-,17-14-,18-15-,23-20-,24-21-,31-28-,33-29-,39-36-. The lowest BCUT2D eigenvalue weighted by Crippen LogP contribution is -2.30. The van der Waals surface area contributed by atoms with Gasteiger partial charge in [-0.25, -0.2) is 0 Å². The van der Waals surface area contributed by atoms with Crippen molar-refractivity contribution < 1.29 is 28.6 Å². The molecule has 0 bridgehead atoms. The summed E-state index contributed by atoms with van der Waals surface area (Å²) in [6.07, 6.45) is 63.7. The number of esters is 3. The van der Waals surface area contributed by atoms with Gasteiger partial charge in [-0.1, -0.05) is 233 Å². The van der Waals surface area contributed by atoms with Gasteiger partial charge in [0.05, 0.1) is 0 Å². The lowest BCUT2D eigenvalue weighted by atomic mass is 10.0. The molecule has 0 heterocycles. The molecule has 60 heavy (non-hydrogen) atoms. The number of carbonyl (C=O) groups excluding carboxylic acids is 3. The normalized spacial score (nSPS) is 13.1. The SMILES string of the molecule is CC\C=C/C=C\C=C/C=C\C=C/CCCC(=O)OC(COC(=O)CCCCC\C=C/C=C\C=C/C=C\CC)COC(=O)CCCCCCCCCCCCCCCCCC. The molecule has 0 rings (SSSR count). The van der Waals surface area contributed by atoms with E-state index in [0.717, 1.165) is 64.2 Å². The number of hydrogen-bond donors (Lipinski definition) is 0. The second kappa shape index (κ2) is 47.7. The number of carbonyl (C=O) groups is 3. The zero-order chi connectivity index (χ0) is 43.7. The molecule has 0 aliphatic carbocycles. The van der Waals surface area contributed by atoms with Crippen molar-refractivity contribution in [3.05, 3.63) is 109 Å². The topological polar surface area (TPSA) is 78.9 Å². The Hall–Kier alpha value is -3.93. The molecule has 338 valence electrons. The van der Waals surface area contributed by atoms with Crippen LogP contribution in [0.5, 0.6) is 0 Å². The number of ether oxygens (including phenoxy) is 3. The average Bonchev–Trinajstić information content (AvgIpc) is 3.24. The van der Waals surface area contributed by atoms with Gasteiger partial charge in [-0.3, -0.25) is 14.4 Å². The van der Waals surface area contributed by atoms with Crippen molar-refractivity contribution in [2.45, 2.75) is 200 Å². The van der Waals surface area contributed by atoms with Gasteiger partial charge in [0, 0.05) is 19.3 Å². The van der Waals surface area contributed by atoms with E-state index >= 15 is 0 Å². The highest BCUT2D eigenvalue weighted by molar-refractivity contribution is 5.71. The van der Waals surface area contributed by atoms with Gasteiger partial charge < -0.3 is 14.2 Å². The first-order valence-corrected chi connectivity index (χ1v) is 24.0. The third-order valence-corrected chi connectivity index (χ3v) is 9.75. The molecule has 0 aliphatic heterocycles. The summed E-state index contributed by atoms with van der Waals surface area (Å²) in [6, 6.07) is 0. The lowest BCUT2D eigenvalue weighted by Gasteiger charge is -2.18. The van der Waals surface area contributed by atoms with Crippen LogP contribution in [-0.4, -0.2) is 37.2 Å². The number of unbranched alkanes of at least 4 members (excludes halogenated alkanes) is 19. The maximum absolute atomic E-state index is 12.7. The van der Waals surface area contributed by atoms with Crippen molar-refractivity contribution in [3.63, 3.8) is 0 Å². The molecule has 0 saturated carbocycles. The van der Waals surface area contributed by atoms with Crippen molar-refractivity contribution in [1.82, 2.24) is 0 Å². The fourth-order valence-corrected chi connectivity index (χ4v) is 6.19. The minimum atomic E-state index is -0.830. The Bertz CT molecular complexity index is 1280. The van der Waals surface area contributed by atoms with Gasteiger partial charge in [-0.2, -0.15) is 0 Å². The van der Waals surface area contributed by atoms with Crippen LogP contribution in [0.4, 0.5) is 0 Å². The van der Waals surface area contributed by atoms with Gasteiger partial charge in [0.25, 0.3) is 0 Å². The van der Waals surface area contributed by atoms with E-state index in [-0.39, 0.29) is 31.6 Å². The van der Waals surface area contributed by atoms with E-state index in [4.69, 9.17) is 14.2 Å². The Morgan fingerprint density at radius 3 is 1.07 bits per heavy atom. The van der Waals surface area contributed by atoms with Gasteiger partial charge >= 0.3 is 17.9 Å². The van der Waals surface area contributed by atoms with Crippen molar-refractivity contribution in [3.8, 4) is 0 Å². The summed E-state index contributed by atoms with van der Waals surface area (Å²) in [6.45, 7) is 6.24. The predicted molar refractivity (Wildman–Crippen MR) is 256 cm³/mol. The van der Waals surface area contributed by atoms with Gasteiger partial charge in [0.2, 0.25) is 0 Å². The van der Waals surface area contributed by atoms with Gasteiger partial charge in [0.15, 0.2) is 6.10 Å². The number of allylic oxidation sites excluding steroid dienone is 18. The summed E-state index contributed by atoms with van der Waals surface area (Å²) >= 11 is 0. The van der Waals surface area contributed by atoms with Crippen LogP contribution in [0.2, 0.25) is 0 Å². The summed E-state index contributed by atoms with van der Waals surface area (Å²) in [5.41, 5.74) is 0. The maximum Gasteiger partial charge on any atom is 0.306 e. The van der Waals surface area contributed by atoms with Gasteiger partial charge in [0.1, 0.15) is 13.2 Å². The van der Waals surface area contributed by atoms with Crippen LogP contribution in [0.3, 0.4) is 0 Å². The van der Waals surface area contributed by atoms with Crippen LogP contribution in [0, 0.1) is 0 Å². The molecule has 0 spiro atoms. The average molecular weight is 831 g/mol. The third kappa shape index (κ3) is 45.2. The molecule has 0 aromatic carbocycles. The molecule has 0 saturated heterocycles. The Balaban J connectivity index is 4.53. The fraction of sp³-hybridized carbons (Fsp3) is 0.611. The highest BCUT2D eigenvalue weighted by Gasteiger charge is 2.19. The second-order valence-electron chi connectivity index (χ2n) is 15.5. The molecule has 0 aliphatic rings. The van der Waals surface area contributed by atoms with Crippen molar-refractivity contribution in [2.24, 2.45) is 0 Å².